The van der Waals surface area contributed by atoms with Gasteiger partial charge in [-0.25, -0.2) is 0 Å². The van der Waals surface area contributed by atoms with Gasteiger partial charge in [0.1, 0.15) is 6.04 Å². The number of carbonyl (C=O) groups excluding carboxylic acids is 1. The van der Waals surface area contributed by atoms with Crippen molar-refractivity contribution in [1.29, 1.82) is 0 Å². The van der Waals surface area contributed by atoms with Crippen LogP contribution in [0.2, 0.25) is 0 Å². The molecule has 0 fully saturated rings. The third-order valence-corrected chi connectivity index (χ3v) is 4.35. The van der Waals surface area contributed by atoms with E-state index in [1.165, 1.54) is 0 Å². The molecule has 0 aromatic heterocycles. The van der Waals surface area contributed by atoms with Crippen molar-refractivity contribution >= 4 is 12.0 Å². The predicted molar refractivity (Wildman–Crippen MR) is 107 cm³/mol. The van der Waals surface area contributed by atoms with Crippen LogP contribution in [-0.4, -0.2) is 54.6 Å². The Hall–Kier alpha value is -2.43. The molecule has 1 atom stereocenters. The average Bonchev–Trinajstić information content (AvgIpc) is 2.63. The fraction of sp³-hybridized carbons (Fsp3) is 0.318. The van der Waals surface area contributed by atoms with E-state index in [1.54, 1.807) is 4.90 Å². The Balaban J connectivity index is 2.19. The summed E-state index contributed by atoms with van der Waals surface area (Å²) >= 11 is 0. The van der Waals surface area contributed by atoms with Gasteiger partial charge in [0, 0.05) is 13.1 Å². The monoisotopic (exact) mass is 352 g/mol. The summed E-state index contributed by atoms with van der Waals surface area (Å²) in [5, 5.41) is 9.42. The number of hydrogen-bond donors (Lipinski definition) is 1. The molecule has 0 saturated carbocycles. The summed E-state index contributed by atoms with van der Waals surface area (Å²) < 4.78 is 0. The maximum atomic E-state index is 13.2. The third kappa shape index (κ3) is 5.28. The Morgan fingerprint density at radius 1 is 1.08 bits per heavy atom. The van der Waals surface area contributed by atoms with E-state index in [4.69, 9.17) is 0 Å². The zero-order chi connectivity index (χ0) is 18.9. The minimum atomic E-state index is -0.368. The molecule has 0 spiro atoms. The molecule has 138 valence electrons. The average molecular weight is 352 g/mol. The Bertz CT molecular complexity index is 726. The second-order valence-electron chi connectivity index (χ2n) is 6.54. The topological polar surface area (TPSA) is 43.8 Å². The zero-order valence-corrected chi connectivity index (χ0v) is 15.8. The molecule has 1 amide bonds. The van der Waals surface area contributed by atoms with Gasteiger partial charge in [-0.2, -0.15) is 0 Å². The van der Waals surface area contributed by atoms with Gasteiger partial charge in [-0.3, -0.25) is 9.69 Å². The molecular formula is C22H28N2O2. The SMILES string of the molecule is Cc1ccccc1C(C(=O)N(C/C=C/c1ccccc1)CCO)N(C)C. The number of likely N-dealkylation sites (N-methyl/N-ethyl adjacent to an activating group) is 1. The van der Waals surface area contributed by atoms with Gasteiger partial charge in [0.2, 0.25) is 5.91 Å². The van der Waals surface area contributed by atoms with Crippen molar-refractivity contribution in [3.8, 4) is 0 Å². The second-order valence-corrected chi connectivity index (χ2v) is 6.54. The van der Waals surface area contributed by atoms with Crippen molar-refractivity contribution in [1.82, 2.24) is 9.80 Å². The number of nitrogens with zero attached hydrogens (tertiary/aromatic N) is 2. The molecule has 0 aliphatic heterocycles. The lowest BCUT2D eigenvalue weighted by atomic mass is 9.99. The van der Waals surface area contributed by atoms with Crippen LogP contribution in [0.1, 0.15) is 22.7 Å². The summed E-state index contributed by atoms with van der Waals surface area (Å²) in [5.41, 5.74) is 3.17. The number of aliphatic hydroxyl groups excluding tert-OH is 1. The van der Waals surface area contributed by atoms with Gasteiger partial charge in [0.15, 0.2) is 0 Å². The van der Waals surface area contributed by atoms with Crippen molar-refractivity contribution < 1.29 is 9.90 Å². The Kier molecular flexibility index (Phi) is 7.57. The molecule has 0 saturated heterocycles. The fourth-order valence-corrected chi connectivity index (χ4v) is 2.99. The number of hydrogen-bond acceptors (Lipinski definition) is 3. The Morgan fingerprint density at radius 3 is 2.35 bits per heavy atom. The summed E-state index contributed by atoms with van der Waals surface area (Å²) in [6.07, 6.45) is 3.96. The molecule has 0 aliphatic rings. The van der Waals surface area contributed by atoms with Gasteiger partial charge in [-0.15, -0.1) is 0 Å². The van der Waals surface area contributed by atoms with Crippen LogP contribution in [0.25, 0.3) is 6.08 Å². The minimum absolute atomic E-state index is 0.00365. The number of aliphatic hydroxyl groups is 1. The predicted octanol–water partition coefficient (Wildman–Crippen LogP) is 3.13. The van der Waals surface area contributed by atoms with Gasteiger partial charge < -0.3 is 10.0 Å². The van der Waals surface area contributed by atoms with Crippen molar-refractivity contribution in [2.75, 3.05) is 33.8 Å². The molecule has 2 rings (SSSR count). The van der Waals surface area contributed by atoms with Gasteiger partial charge in [-0.05, 0) is 37.7 Å². The lowest BCUT2D eigenvalue weighted by Gasteiger charge is -2.31. The highest BCUT2D eigenvalue weighted by molar-refractivity contribution is 5.84. The van der Waals surface area contributed by atoms with Crippen LogP contribution in [0.3, 0.4) is 0 Å². The molecule has 0 aliphatic carbocycles. The van der Waals surface area contributed by atoms with E-state index in [9.17, 15) is 9.90 Å². The van der Waals surface area contributed by atoms with E-state index in [0.717, 1.165) is 16.7 Å². The number of aryl methyl sites for hydroxylation is 1. The first kappa shape index (κ1) is 19.9. The van der Waals surface area contributed by atoms with E-state index < -0.39 is 0 Å². The van der Waals surface area contributed by atoms with Gasteiger partial charge in [0.05, 0.1) is 6.61 Å². The van der Waals surface area contributed by atoms with E-state index in [1.807, 2.05) is 92.7 Å². The lowest BCUT2D eigenvalue weighted by molar-refractivity contribution is -0.136. The molecule has 2 aromatic rings. The van der Waals surface area contributed by atoms with E-state index in [-0.39, 0.29) is 18.6 Å². The smallest absolute Gasteiger partial charge is 0.244 e. The highest BCUT2D eigenvalue weighted by atomic mass is 16.3. The van der Waals surface area contributed by atoms with Crippen LogP contribution in [0.5, 0.6) is 0 Å². The van der Waals surface area contributed by atoms with Crippen molar-refractivity contribution in [3.63, 3.8) is 0 Å². The normalized spacial score (nSPS) is 12.5. The summed E-state index contributed by atoms with van der Waals surface area (Å²) in [6, 6.07) is 17.6. The van der Waals surface area contributed by atoms with E-state index in [0.29, 0.717) is 13.1 Å². The largest absolute Gasteiger partial charge is 0.395 e. The third-order valence-electron chi connectivity index (χ3n) is 4.35. The molecule has 0 radical (unpaired) electrons. The van der Waals surface area contributed by atoms with Crippen molar-refractivity contribution in [2.45, 2.75) is 13.0 Å². The summed E-state index contributed by atoms with van der Waals surface area (Å²) in [5.74, 6) is -0.00365. The highest BCUT2D eigenvalue weighted by Gasteiger charge is 2.28. The molecule has 1 unspecified atom stereocenters. The van der Waals surface area contributed by atoms with Gasteiger partial charge in [-0.1, -0.05) is 66.7 Å². The van der Waals surface area contributed by atoms with Gasteiger partial charge in [0.25, 0.3) is 0 Å². The van der Waals surface area contributed by atoms with Crippen LogP contribution in [0, 0.1) is 6.92 Å². The van der Waals surface area contributed by atoms with Crippen LogP contribution in [0.4, 0.5) is 0 Å². The van der Waals surface area contributed by atoms with Crippen molar-refractivity contribution in [2.24, 2.45) is 0 Å². The second kappa shape index (κ2) is 9.90. The minimum Gasteiger partial charge on any atom is -0.395 e. The van der Waals surface area contributed by atoms with E-state index >= 15 is 0 Å². The molecule has 0 bridgehead atoms. The summed E-state index contributed by atoms with van der Waals surface area (Å²) in [7, 11) is 3.82. The van der Waals surface area contributed by atoms with Crippen molar-refractivity contribution in [3.05, 3.63) is 77.4 Å². The molecular weight excluding hydrogens is 324 g/mol. The first-order valence-corrected chi connectivity index (χ1v) is 8.87. The molecule has 26 heavy (non-hydrogen) atoms. The highest BCUT2D eigenvalue weighted by Crippen LogP contribution is 2.24. The first-order chi connectivity index (χ1) is 12.5. The maximum Gasteiger partial charge on any atom is 0.244 e. The molecule has 2 aromatic carbocycles. The molecule has 4 nitrogen and oxygen atoms in total. The quantitative estimate of drug-likeness (QED) is 0.794. The number of amides is 1. The molecule has 4 heteroatoms. The first-order valence-electron chi connectivity index (χ1n) is 8.87. The van der Waals surface area contributed by atoms with Crippen LogP contribution in [0.15, 0.2) is 60.7 Å². The Labute approximate surface area is 156 Å². The van der Waals surface area contributed by atoms with Crippen LogP contribution >= 0.6 is 0 Å². The maximum absolute atomic E-state index is 13.2. The zero-order valence-electron chi connectivity index (χ0n) is 15.8. The lowest BCUT2D eigenvalue weighted by Crippen LogP contribution is -2.42. The summed E-state index contributed by atoms with van der Waals surface area (Å²) in [6.45, 7) is 2.74. The Morgan fingerprint density at radius 2 is 1.73 bits per heavy atom. The molecule has 0 heterocycles. The fourth-order valence-electron chi connectivity index (χ4n) is 2.99. The van der Waals surface area contributed by atoms with E-state index in [2.05, 4.69) is 0 Å². The number of rotatable bonds is 8. The molecule has 1 N–H and O–H groups in total. The number of benzene rings is 2. The van der Waals surface area contributed by atoms with Crippen LogP contribution < -0.4 is 0 Å². The summed E-state index contributed by atoms with van der Waals surface area (Å²) in [4.78, 5) is 16.8. The number of carbonyl (C=O) groups is 1. The van der Waals surface area contributed by atoms with Crippen LogP contribution in [-0.2, 0) is 4.79 Å². The van der Waals surface area contributed by atoms with Gasteiger partial charge >= 0.3 is 0 Å². The standard InChI is InChI=1S/C22H28N2O2/c1-18-10-7-8-14-20(18)21(23(2)3)22(26)24(16-17-25)15-9-13-19-11-5-4-6-12-19/h4-14,21,25H,15-17H2,1-3H3/b13-9+.